The van der Waals surface area contributed by atoms with Crippen LogP contribution in [0.1, 0.15) is 29.0 Å². The summed E-state index contributed by atoms with van der Waals surface area (Å²) in [6, 6.07) is 5.98. The maximum Gasteiger partial charge on any atom is 0.272 e. The molecular formula is C13H18N2OS. The number of rotatable bonds is 2. The molecule has 0 aromatic carbocycles. The molecule has 0 radical (unpaired) electrons. The summed E-state index contributed by atoms with van der Waals surface area (Å²) in [7, 11) is 1.90. The normalized spacial score (nSPS) is 16.8. The van der Waals surface area contributed by atoms with E-state index >= 15 is 0 Å². The molecule has 2 heterocycles. The third-order valence-corrected chi connectivity index (χ3v) is 4.22. The average molecular weight is 250 g/mol. The Labute approximate surface area is 107 Å². The fourth-order valence-electron chi connectivity index (χ4n) is 2.08. The molecule has 17 heavy (non-hydrogen) atoms. The number of hydrogen-bond donors (Lipinski definition) is 0. The molecule has 0 saturated carbocycles. The fourth-order valence-corrected chi connectivity index (χ4v) is 3.16. The van der Waals surface area contributed by atoms with E-state index < -0.39 is 0 Å². The summed E-state index contributed by atoms with van der Waals surface area (Å²) in [4.78, 5) is 18.4. The molecule has 1 saturated heterocycles. The number of aryl methyl sites for hydroxylation is 1. The van der Waals surface area contributed by atoms with Gasteiger partial charge in [0.1, 0.15) is 5.69 Å². The standard InChI is InChI=1S/C13H18N2OS/c1-10-4-3-5-12(14-10)13(16)15(2)11-6-8-17-9-7-11/h3-5,11H,6-9H2,1-2H3. The third kappa shape index (κ3) is 3.00. The largest absolute Gasteiger partial charge is 0.337 e. The van der Waals surface area contributed by atoms with E-state index in [0.717, 1.165) is 30.0 Å². The molecule has 0 N–H and O–H groups in total. The van der Waals surface area contributed by atoms with E-state index in [4.69, 9.17) is 0 Å². The number of pyridine rings is 1. The van der Waals surface area contributed by atoms with Crippen LogP contribution in [0.15, 0.2) is 18.2 Å². The van der Waals surface area contributed by atoms with Crippen molar-refractivity contribution in [1.29, 1.82) is 0 Å². The van der Waals surface area contributed by atoms with Crippen LogP contribution >= 0.6 is 11.8 Å². The number of hydrogen-bond acceptors (Lipinski definition) is 3. The highest BCUT2D eigenvalue weighted by atomic mass is 32.2. The van der Waals surface area contributed by atoms with Crippen LogP contribution in [0.3, 0.4) is 0 Å². The van der Waals surface area contributed by atoms with Crippen LogP contribution in [0.2, 0.25) is 0 Å². The highest BCUT2D eigenvalue weighted by Gasteiger charge is 2.23. The molecule has 1 amide bonds. The van der Waals surface area contributed by atoms with Crippen molar-refractivity contribution in [1.82, 2.24) is 9.88 Å². The maximum absolute atomic E-state index is 12.3. The van der Waals surface area contributed by atoms with Gasteiger partial charge in [0.2, 0.25) is 0 Å². The topological polar surface area (TPSA) is 33.2 Å². The first kappa shape index (κ1) is 12.4. The molecule has 0 aliphatic carbocycles. The van der Waals surface area contributed by atoms with Crippen LogP contribution in [-0.2, 0) is 0 Å². The summed E-state index contributed by atoms with van der Waals surface area (Å²) < 4.78 is 0. The lowest BCUT2D eigenvalue weighted by Gasteiger charge is -2.30. The molecule has 1 aliphatic heterocycles. The second kappa shape index (κ2) is 5.54. The minimum Gasteiger partial charge on any atom is -0.337 e. The molecule has 1 aromatic heterocycles. The molecule has 1 fully saturated rings. The summed E-state index contributed by atoms with van der Waals surface area (Å²) in [5, 5.41) is 0. The second-order valence-corrected chi connectivity index (χ2v) is 5.65. The van der Waals surface area contributed by atoms with Gasteiger partial charge in [-0.05, 0) is 43.4 Å². The Kier molecular flexibility index (Phi) is 4.05. The maximum atomic E-state index is 12.3. The van der Waals surface area contributed by atoms with Gasteiger partial charge in [-0.3, -0.25) is 4.79 Å². The molecule has 1 aliphatic rings. The van der Waals surface area contributed by atoms with Gasteiger partial charge in [0.25, 0.3) is 5.91 Å². The minimum atomic E-state index is 0.0469. The number of aromatic nitrogens is 1. The van der Waals surface area contributed by atoms with Crippen molar-refractivity contribution >= 4 is 17.7 Å². The third-order valence-electron chi connectivity index (χ3n) is 3.17. The summed E-state index contributed by atoms with van der Waals surface area (Å²) in [5.41, 5.74) is 1.45. The summed E-state index contributed by atoms with van der Waals surface area (Å²) in [6.45, 7) is 1.91. The molecule has 0 bridgehead atoms. The van der Waals surface area contributed by atoms with Crippen LogP contribution in [0, 0.1) is 6.92 Å². The van der Waals surface area contributed by atoms with Crippen LogP contribution < -0.4 is 0 Å². The molecular weight excluding hydrogens is 232 g/mol. The van der Waals surface area contributed by atoms with Gasteiger partial charge in [-0.25, -0.2) is 4.98 Å². The molecule has 92 valence electrons. The van der Waals surface area contributed by atoms with Gasteiger partial charge in [0.05, 0.1) is 0 Å². The zero-order chi connectivity index (χ0) is 12.3. The first-order valence-corrected chi connectivity index (χ1v) is 7.12. The number of nitrogens with zero attached hydrogens (tertiary/aromatic N) is 2. The first-order chi connectivity index (χ1) is 8.18. The van der Waals surface area contributed by atoms with E-state index in [1.165, 1.54) is 0 Å². The molecule has 4 heteroatoms. The van der Waals surface area contributed by atoms with Gasteiger partial charge in [-0.2, -0.15) is 11.8 Å². The zero-order valence-electron chi connectivity index (χ0n) is 10.3. The summed E-state index contributed by atoms with van der Waals surface area (Å²) in [6.07, 6.45) is 2.19. The zero-order valence-corrected chi connectivity index (χ0v) is 11.2. The average Bonchev–Trinajstić information content (AvgIpc) is 2.38. The summed E-state index contributed by atoms with van der Waals surface area (Å²) in [5.74, 6) is 2.36. The minimum absolute atomic E-state index is 0.0469. The number of carbonyl (C=O) groups is 1. The van der Waals surface area contributed by atoms with Gasteiger partial charge in [-0.1, -0.05) is 6.07 Å². The van der Waals surface area contributed by atoms with Crippen LogP contribution in [0.4, 0.5) is 0 Å². The first-order valence-electron chi connectivity index (χ1n) is 5.97. The van der Waals surface area contributed by atoms with E-state index in [-0.39, 0.29) is 5.91 Å². The molecule has 3 nitrogen and oxygen atoms in total. The van der Waals surface area contributed by atoms with Gasteiger partial charge in [0, 0.05) is 18.8 Å². The Morgan fingerprint density at radius 2 is 2.12 bits per heavy atom. The Balaban J connectivity index is 2.08. The number of thioether (sulfide) groups is 1. The van der Waals surface area contributed by atoms with E-state index in [2.05, 4.69) is 4.98 Å². The van der Waals surface area contributed by atoms with E-state index in [0.29, 0.717) is 11.7 Å². The number of amides is 1. The quantitative estimate of drug-likeness (QED) is 0.808. The van der Waals surface area contributed by atoms with E-state index in [1.54, 1.807) is 6.07 Å². The lowest BCUT2D eigenvalue weighted by molar-refractivity contribution is 0.0717. The summed E-state index contributed by atoms with van der Waals surface area (Å²) >= 11 is 1.97. The van der Waals surface area contributed by atoms with Gasteiger partial charge >= 0.3 is 0 Å². The second-order valence-electron chi connectivity index (χ2n) is 4.42. The highest BCUT2D eigenvalue weighted by molar-refractivity contribution is 7.99. The van der Waals surface area contributed by atoms with Crippen molar-refractivity contribution < 1.29 is 4.79 Å². The van der Waals surface area contributed by atoms with Crippen molar-refractivity contribution in [3.05, 3.63) is 29.6 Å². The van der Waals surface area contributed by atoms with Crippen molar-refractivity contribution in [2.24, 2.45) is 0 Å². The van der Waals surface area contributed by atoms with Crippen molar-refractivity contribution in [3.63, 3.8) is 0 Å². The Hall–Kier alpha value is -1.03. The van der Waals surface area contributed by atoms with Gasteiger partial charge in [-0.15, -0.1) is 0 Å². The lowest BCUT2D eigenvalue weighted by atomic mass is 10.1. The Morgan fingerprint density at radius 1 is 1.41 bits per heavy atom. The molecule has 0 unspecified atom stereocenters. The van der Waals surface area contributed by atoms with Gasteiger partial charge < -0.3 is 4.90 Å². The van der Waals surface area contributed by atoms with Crippen LogP contribution in [0.25, 0.3) is 0 Å². The van der Waals surface area contributed by atoms with Crippen LogP contribution in [0.5, 0.6) is 0 Å². The lowest BCUT2D eigenvalue weighted by Crippen LogP contribution is -2.39. The fraction of sp³-hybridized carbons (Fsp3) is 0.538. The highest BCUT2D eigenvalue weighted by Crippen LogP contribution is 2.21. The van der Waals surface area contributed by atoms with Gasteiger partial charge in [0.15, 0.2) is 0 Å². The Bertz CT molecular complexity index is 402. The molecule has 0 atom stereocenters. The van der Waals surface area contributed by atoms with Crippen molar-refractivity contribution in [2.75, 3.05) is 18.6 Å². The predicted octanol–water partition coefficient (Wildman–Crippen LogP) is 2.36. The SMILES string of the molecule is Cc1cccc(C(=O)N(C)C2CCSCC2)n1. The van der Waals surface area contributed by atoms with E-state index in [1.807, 2.05) is 42.8 Å². The van der Waals surface area contributed by atoms with E-state index in [9.17, 15) is 4.79 Å². The van der Waals surface area contributed by atoms with Crippen molar-refractivity contribution in [3.8, 4) is 0 Å². The van der Waals surface area contributed by atoms with Crippen LogP contribution in [-0.4, -0.2) is 40.4 Å². The molecule has 1 aromatic rings. The Morgan fingerprint density at radius 3 is 2.76 bits per heavy atom. The smallest absolute Gasteiger partial charge is 0.272 e. The molecule has 2 rings (SSSR count). The monoisotopic (exact) mass is 250 g/mol. The van der Waals surface area contributed by atoms with Crippen molar-refractivity contribution in [2.45, 2.75) is 25.8 Å². The number of carbonyl (C=O) groups excluding carboxylic acids is 1. The predicted molar refractivity (Wildman–Crippen MR) is 71.4 cm³/mol. The molecule has 0 spiro atoms.